The fraction of sp³-hybridized carbons (Fsp3) is 0.727. The minimum absolute atomic E-state index is 0.365. The van der Waals surface area contributed by atoms with E-state index >= 15 is 0 Å². The Hall–Kier alpha value is -1.03. The fourth-order valence-corrected chi connectivity index (χ4v) is 1.82. The van der Waals surface area contributed by atoms with Gasteiger partial charge in [-0.1, -0.05) is 6.92 Å². The minimum Gasteiger partial charge on any atom is -0.383 e. The third-order valence-electron chi connectivity index (χ3n) is 2.63. The molecule has 0 radical (unpaired) electrons. The van der Waals surface area contributed by atoms with E-state index in [9.17, 15) is 0 Å². The third-order valence-corrected chi connectivity index (χ3v) is 2.63. The molecule has 1 aromatic rings. The quantitative estimate of drug-likeness (QED) is 0.804. The van der Waals surface area contributed by atoms with Gasteiger partial charge in [-0.25, -0.2) is 0 Å². The molecule has 4 heteroatoms. The van der Waals surface area contributed by atoms with Crippen molar-refractivity contribution >= 4 is 5.69 Å². The molecule has 0 amide bonds. The van der Waals surface area contributed by atoms with Crippen LogP contribution in [0.4, 0.5) is 5.69 Å². The van der Waals surface area contributed by atoms with Crippen LogP contribution in [-0.4, -0.2) is 29.0 Å². The molecule has 0 bridgehead atoms. The van der Waals surface area contributed by atoms with Crippen molar-refractivity contribution in [3.05, 3.63) is 12.4 Å². The van der Waals surface area contributed by atoms with Crippen LogP contribution in [0.5, 0.6) is 0 Å². The number of ether oxygens (including phenoxy) is 1. The highest BCUT2D eigenvalue weighted by atomic mass is 16.5. The molecule has 1 unspecified atom stereocenters. The number of rotatable bonds is 5. The molecular formula is C11H19N3O. The van der Waals surface area contributed by atoms with Crippen LogP contribution in [0.1, 0.15) is 26.2 Å². The second kappa shape index (κ2) is 5.16. The molecule has 84 valence electrons. The van der Waals surface area contributed by atoms with Gasteiger partial charge in [-0.3, -0.25) is 4.68 Å². The second-order valence-corrected chi connectivity index (χ2v) is 4.01. The van der Waals surface area contributed by atoms with Crippen LogP contribution in [0.3, 0.4) is 0 Å². The molecule has 1 fully saturated rings. The van der Waals surface area contributed by atoms with E-state index in [1.54, 1.807) is 0 Å². The lowest BCUT2D eigenvalue weighted by atomic mass is 10.2. The van der Waals surface area contributed by atoms with Gasteiger partial charge in [0.2, 0.25) is 0 Å². The van der Waals surface area contributed by atoms with Crippen LogP contribution in [0, 0.1) is 0 Å². The molecule has 0 spiro atoms. The second-order valence-electron chi connectivity index (χ2n) is 4.01. The van der Waals surface area contributed by atoms with E-state index in [1.165, 1.54) is 6.42 Å². The average Bonchev–Trinajstić information content (AvgIpc) is 2.87. The molecule has 2 rings (SSSR count). The monoisotopic (exact) mass is 209 g/mol. The summed E-state index contributed by atoms with van der Waals surface area (Å²) in [5, 5.41) is 7.62. The van der Waals surface area contributed by atoms with Gasteiger partial charge < -0.3 is 10.1 Å². The zero-order valence-corrected chi connectivity index (χ0v) is 9.28. The van der Waals surface area contributed by atoms with Gasteiger partial charge in [-0.2, -0.15) is 5.10 Å². The molecule has 1 N–H and O–H groups in total. The largest absolute Gasteiger partial charge is 0.383 e. The molecule has 1 aromatic heterocycles. The highest BCUT2D eigenvalue weighted by Crippen LogP contribution is 2.14. The Labute approximate surface area is 90.6 Å². The van der Waals surface area contributed by atoms with Crippen molar-refractivity contribution in [3.8, 4) is 0 Å². The first kappa shape index (κ1) is 10.5. The number of nitrogens with one attached hydrogen (secondary N) is 1. The molecule has 0 aromatic carbocycles. The predicted molar refractivity (Wildman–Crippen MR) is 60.0 cm³/mol. The molecule has 0 saturated carbocycles. The van der Waals surface area contributed by atoms with Crippen LogP contribution >= 0.6 is 0 Å². The Morgan fingerprint density at radius 2 is 2.60 bits per heavy atom. The van der Waals surface area contributed by atoms with Gasteiger partial charge in [-0.15, -0.1) is 0 Å². The third kappa shape index (κ3) is 2.96. The first-order chi connectivity index (χ1) is 7.38. The summed E-state index contributed by atoms with van der Waals surface area (Å²) in [6.45, 7) is 4.95. The van der Waals surface area contributed by atoms with Crippen molar-refractivity contribution in [2.75, 3.05) is 18.5 Å². The summed E-state index contributed by atoms with van der Waals surface area (Å²) in [5.41, 5.74) is 1.11. The molecular weight excluding hydrogens is 190 g/mol. The van der Waals surface area contributed by atoms with E-state index < -0.39 is 0 Å². The average molecular weight is 209 g/mol. The first-order valence-corrected chi connectivity index (χ1v) is 5.76. The van der Waals surface area contributed by atoms with E-state index in [-0.39, 0.29) is 0 Å². The van der Waals surface area contributed by atoms with Gasteiger partial charge in [0.05, 0.1) is 24.5 Å². The van der Waals surface area contributed by atoms with Crippen molar-refractivity contribution in [2.45, 2.75) is 38.8 Å². The zero-order chi connectivity index (χ0) is 10.5. The fourth-order valence-electron chi connectivity index (χ4n) is 1.82. The van der Waals surface area contributed by atoms with Gasteiger partial charge in [0.15, 0.2) is 0 Å². The van der Waals surface area contributed by atoms with Gasteiger partial charge >= 0.3 is 0 Å². The van der Waals surface area contributed by atoms with E-state index in [4.69, 9.17) is 4.74 Å². The summed E-state index contributed by atoms with van der Waals surface area (Å²) in [6.07, 6.45) is 7.78. The Balaban J connectivity index is 1.83. The van der Waals surface area contributed by atoms with E-state index in [0.29, 0.717) is 6.10 Å². The Morgan fingerprint density at radius 3 is 3.33 bits per heavy atom. The maximum absolute atomic E-state index is 5.57. The number of hydrogen-bond acceptors (Lipinski definition) is 3. The molecule has 1 saturated heterocycles. The van der Waals surface area contributed by atoms with Gasteiger partial charge in [0, 0.05) is 19.3 Å². The highest BCUT2D eigenvalue weighted by Gasteiger charge is 2.16. The summed E-state index contributed by atoms with van der Waals surface area (Å²) >= 11 is 0. The normalized spacial score (nSPS) is 20.7. The van der Waals surface area contributed by atoms with Crippen LogP contribution in [0.15, 0.2) is 12.4 Å². The molecule has 1 aliphatic heterocycles. The predicted octanol–water partition coefficient (Wildman–Crippen LogP) is 1.88. The van der Waals surface area contributed by atoms with E-state index in [2.05, 4.69) is 23.5 Å². The molecule has 2 heterocycles. The highest BCUT2D eigenvalue weighted by molar-refractivity contribution is 5.37. The number of aromatic nitrogens is 2. The standard InChI is InChI=1S/C11H19N3O/c1-2-5-12-10-7-13-14(8-10)9-11-4-3-6-15-11/h7-8,11-12H,2-6,9H2,1H3. The number of hydrogen-bond donors (Lipinski definition) is 1. The smallest absolute Gasteiger partial charge is 0.0771 e. The topological polar surface area (TPSA) is 39.1 Å². The van der Waals surface area contributed by atoms with Crippen LogP contribution in [0.25, 0.3) is 0 Å². The van der Waals surface area contributed by atoms with Gasteiger partial charge in [0.25, 0.3) is 0 Å². The van der Waals surface area contributed by atoms with Crippen molar-refractivity contribution in [1.29, 1.82) is 0 Å². The minimum atomic E-state index is 0.365. The SMILES string of the molecule is CCCNc1cnn(CC2CCCO2)c1. The number of nitrogens with zero attached hydrogens (tertiary/aromatic N) is 2. The van der Waals surface area contributed by atoms with E-state index in [0.717, 1.165) is 38.2 Å². The zero-order valence-electron chi connectivity index (χ0n) is 9.28. The maximum Gasteiger partial charge on any atom is 0.0771 e. The number of anilines is 1. The molecule has 4 nitrogen and oxygen atoms in total. The summed E-state index contributed by atoms with van der Waals surface area (Å²) < 4.78 is 7.53. The lowest BCUT2D eigenvalue weighted by Gasteiger charge is -2.08. The lowest BCUT2D eigenvalue weighted by molar-refractivity contribution is 0.0940. The van der Waals surface area contributed by atoms with Crippen LogP contribution < -0.4 is 5.32 Å². The summed E-state index contributed by atoms with van der Waals surface area (Å²) in [6, 6.07) is 0. The maximum atomic E-state index is 5.57. The van der Waals surface area contributed by atoms with Crippen molar-refractivity contribution in [3.63, 3.8) is 0 Å². The van der Waals surface area contributed by atoms with Crippen LogP contribution in [0.2, 0.25) is 0 Å². The molecule has 1 aliphatic rings. The van der Waals surface area contributed by atoms with Gasteiger partial charge in [-0.05, 0) is 19.3 Å². The Bertz CT molecular complexity index is 292. The van der Waals surface area contributed by atoms with Gasteiger partial charge in [0.1, 0.15) is 0 Å². The van der Waals surface area contributed by atoms with E-state index in [1.807, 2.05) is 10.9 Å². The van der Waals surface area contributed by atoms with Crippen molar-refractivity contribution in [2.24, 2.45) is 0 Å². The van der Waals surface area contributed by atoms with Crippen molar-refractivity contribution < 1.29 is 4.74 Å². The summed E-state index contributed by atoms with van der Waals surface area (Å²) in [7, 11) is 0. The Morgan fingerprint density at radius 1 is 1.67 bits per heavy atom. The molecule has 15 heavy (non-hydrogen) atoms. The molecule has 0 aliphatic carbocycles. The summed E-state index contributed by atoms with van der Waals surface area (Å²) in [4.78, 5) is 0. The lowest BCUT2D eigenvalue weighted by Crippen LogP contribution is -2.15. The van der Waals surface area contributed by atoms with Crippen molar-refractivity contribution in [1.82, 2.24) is 9.78 Å². The first-order valence-electron chi connectivity index (χ1n) is 5.76. The summed E-state index contributed by atoms with van der Waals surface area (Å²) in [5.74, 6) is 0. The molecule has 1 atom stereocenters. The van der Waals surface area contributed by atoms with Crippen LogP contribution in [-0.2, 0) is 11.3 Å². The Kier molecular flexibility index (Phi) is 3.61.